The minimum Gasteiger partial charge on any atom is -0.316 e. The first-order chi connectivity index (χ1) is 16.5. The Labute approximate surface area is 209 Å². The Balaban J connectivity index is 1.34. The topological polar surface area (TPSA) is 46.4 Å². The first kappa shape index (κ1) is 23.9. The van der Waals surface area contributed by atoms with Gasteiger partial charge in [-0.25, -0.2) is 5.43 Å². The van der Waals surface area contributed by atoms with Gasteiger partial charge in [-0.1, -0.05) is 66.2 Å². The highest BCUT2D eigenvalue weighted by atomic mass is 35.5. The van der Waals surface area contributed by atoms with Gasteiger partial charge in [-0.2, -0.15) is 16.9 Å². The van der Waals surface area contributed by atoms with E-state index in [1.807, 2.05) is 86.3 Å². The molecule has 4 aromatic rings. The molecule has 1 amide bonds. The molecule has 0 atom stereocenters. The van der Waals surface area contributed by atoms with Crippen molar-refractivity contribution in [2.75, 3.05) is 0 Å². The molecular weight excluding hydrogens is 462 g/mol. The van der Waals surface area contributed by atoms with E-state index in [1.165, 1.54) is 11.1 Å². The minimum atomic E-state index is -0.236. The molecule has 172 valence electrons. The fourth-order valence-electron chi connectivity index (χ4n) is 3.76. The standard InChI is InChI=1S/C28H26ClN3OS/c1-20-16-25(21(2)32(20)27-11-7-6-10-26(27)29)17-30-31-28(33)24-14-12-23(13-15-24)19-34-18-22-8-4-3-5-9-22/h3-17H,18-19H2,1-2H3,(H,31,33)/b30-17+. The highest BCUT2D eigenvalue weighted by molar-refractivity contribution is 7.97. The van der Waals surface area contributed by atoms with Gasteiger partial charge in [0.05, 0.1) is 16.9 Å². The van der Waals surface area contributed by atoms with Gasteiger partial charge in [-0.15, -0.1) is 0 Å². The summed E-state index contributed by atoms with van der Waals surface area (Å²) in [7, 11) is 0. The molecular formula is C28H26ClN3OS. The summed E-state index contributed by atoms with van der Waals surface area (Å²) in [6.45, 7) is 4.03. The fraction of sp³-hybridized carbons (Fsp3) is 0.143. The number of para-hydroxylation sites is 1. The van der Waals surface area contributed by atoms with Crippen LogP contribution in [0.4, 0.5) is 0 Å². The molecule has 6 heteroatoms. The molecule has 1 heterocycles. The lowest BCUT2D eigenvalue weighted by molar-refractivity contribution is 0.0955. The molecule has 0 saturated heterocycles. The highest BCUT2D eigenvalue weighted by Crippen LogP contribution is 2.25. The molecule has 0 aliphatic rings. The number of aromatic nitrogens is 1. The number of hydrogen-bond donors (Lipinski definition) is 1. The number of halogens is 1. The molecule has 1 aromatic heterocycles. The normalized spacial score (nSPS) is 11.1. The van der Waals surface area contributed by atoms with Crippen molar-refractivity contribution in [2.24, 2.45) is 5.10 Å². The number of hydrogen-bond acceptors (Lipinski definition) is 3. The number of benzene rings is 3. The van der Waals surface area contributed by atoms with Crippen LogP contribution in [0.15, 0.2) is 90.0 Å². The molecule has 0 spiro atoms. The maximum atomic E-state index is 12.5. The Bertz CT molecular complexity index is 1300. The lowest BCUT2D eigenvalue weighted by Crippen LogP contribution is -2.17. The van der Waals surface area contributed by atoms with Crippen molar-refractivity contribution in [1.82, 2.24) is 9.99 Å². The second-order valence-corrected chi connectivity index (χ2v) is 9.38. The zero-order valence-corrected chi connectivity index (χ0v) is 20.7. The van der Waals surface area contributed by atoms with Gasteiger partial charge in [0.2, 0.25) is 0 Å². The molecule has 0 bridgehead atoms. The summed E-state index contributed by atoms with van der Waals surface area (Å²) in [6.07, 6.45) is 1.67. The van der Waals surface area contributed by atoms with Gasteiger partial charge < -0.3 is 4.57 Å². The zero-order chi connectivity index (χ0) is 23.9. The number of carbonyl (C=O) groups is 1. The summed E-state index contributed by atoms with van der Waals surface area (Å²) in [5, 5.41) is 4.86. The predicted octanol–water partition coefficient (Wildman–Crippen LogP) is 6.94. The average molecular weight is 488 g/mol. The summed E-state index contributed by atoms with van der Waals surface area (Å²) in [4.78, 5) is 12.5. The molecule has 4 nitrogen and oxygen atoms in total. The summed E-state index contributed by atoms with van der Waals surface area (Å²) in [6, 6.07) is 27.8. The molecule has 0 fully saturated rings. The van der Waals surface area contributed by atoms with Crippen LogP contribution >= 0.6 is 23.4 Å². The van der Waals surface area contributed by atoms with E-state index in [9.17, 15) is 4.79 Å². The first-order valence-electron chi connectivity index (χ1n) is 11.0. The van der Waals surface area contributed by atoms with E-state index in [1.54, 1.807) is 6.21 Å². The first-order valence-corrected chi connectivity index (χ1v) is 12.5. The Morgan fingerprint density at radius 2 is 1.59 bits per heavy atom. The minimum absolute atomic E-state index is 0.236. The lowest BCUT2D eigenvalue weighted by atomic mass is 10.1. The van der Waals surface area contributed by atoms with E-state index in [-0.39, 0.29) is 5.91 Å². The van der Waals surface area contributed by atoms with E-state index >= 15 is 0 Å². The number of nitrogens with one attached hydrogen (secondary N) is 1. The number of nitrogens with zero attached hydrogens (tertiary/aromatic N) is 2. The SMILES string of the molecule is Cc1cc(/C=N/NC(=O)c2ccc(CSCc3ccccc3)cc2)c(C)n1-c1ccccc1Cl. The Kier molecular flexibility index (Phi) is 7.88. The number of rotatable bonds is 8. The second-order valence-electron chi connectivity index (χ2n) is 7.99. The van der Waals surface area contributed by atoms with Gasteiger partial charge in [0.15, 0.2) is 0 Å². The van der Waals surface area contributed by atoms with Crippen LogP contribution in [0.3, 0.4) is 0 Å². The van der Waals surface area contributed by atoms with Crippen LogP contribution in [-0.4, -0.2) is 16.7 Å². The van der Waals surface area contributed by atoms with Crippen molar-refractivity contribution in [3.05, 3.63) is 124 Å². The monoisotopic (exact) mass is 487 g/mol. The molecule has 34 heavy (non-hydrogen) atoms. The number of thioether (sulfide) groups is 1. The van der Waals surface area contributed by atoms with Crippen molar-refractivity contribution < 1.29 is 4.79 Å². The van der Waals surface area contributed by atoms with Crippen LogP contribution in [0.25, 0.3) is 5.69 Å². The van der Waals surface area contributed by atoms with Crippen LogP contribution < -0.4 is 5.43 Å². The molecule has 0 aliphatic carbocycles. The number of amides is 1. The maximum absolute atomic E-state index is 12.5. The van der Waals surface area contributed by atoms with Gasteiger partial charge in [-0.05, 0) is 55.3 Å². The fourth-order valence-corrected chi connectivity index (χ4v) is 4.94. The Morgan fingerprint density at radius 1 is 0.941 bits per heavy atom. The third kappa shape index (κ3) is 5.79. The summed E-state index contributed by atoms with van der Waals surface area (Å²) >= 11 is 8.23. The smallest absolute Gasteiger partial charge is 0.271 e. The van der Waals surface area contributed by atoms with Crippen LogP contribution in [0.2, 0.25) is 5.02 Å². The maximum Gasteiger partial charge on any atom is 0.271 e. The number of hydrazone groups is 1. The number of carbonyl (C=O) groups excluding carboxylic acids is 1. The Morgan fingerprint density at radius 3 is 2.29 bits per heavy atom. The third-order valence-electron chi connectivity index (χ3n) is 5.53. The van der Waals surface area contributed by atoms with Gasteiger partial charge in [0, 0.05) is 34.0 Å². The summed E-state index contributed by atoms with van der Waals surface area (Å²) in [5.41, 5.74) is 9.59. The molecule has 4 rings (SSSR count). The molecule has 1 N–H and O–H groups in total. The predicted molar refractivity (Wildman–Crippen MR) is 143 cm³/mol. The highest BCUT2D eigenvalue weighted by Gasteiger charge is 2.12. The lowest BCUT2D eigenvalue weighted by Gasteiger charge is -2.11. The largest absolute Gasteiger partial charge is 0.316 e. The van der Waals surface area contributed by atoms with E-state index in [0.717, 1.165) is 34.1 Å². The van der Waals surface area contributed by atoms with Crippen LogP contribution in [0, 0.1) is 13.8 Å². The number of aryl methyl sites for hydroxylation is 1. The summed E-state index contributed by atoms with van der Waals surface area (Å²) in [5.74, 6) is 1.63. The van der Waals surface area contributed by atoms with Crippen molar-refractivity contribution in [2.45, 2.75) is 25.4 Å². The van der Waals surface area contributed by atoms with Crippen molar-refractivity contribution in [1.29, 1.82) is 0 Å². The zero-order valence-electron chi connectivity index (χ0n) is 19.2. The van der Waals surface area contributed by atoms with Gasteiger partial charge >= 0.3 is 0 Å². The van der Waals surface area contributed by atoms with E-state index in [0.29, 0.717) is 10.6 Å². The molecule has 0 aliphatic heterocycles. The van der Waals surface area contributed by atoms with Crippen LogP contribution in [0.1, 0.15) is 38.4 Å². The molecule has 0 radical (unpaired) electrons. The van der Waals surface area contributed by atoms with Crippen molar-refractivity contribution >= 4 is 35.5 Å². The van der Waals surface area contributed by atoms with E-state index in [2.05, 4.69) is 39.4 Å². The molecule has 0 unspecified atom stereocenters. The third-order valence-corrected chi connectivity index (χ3v) is 6.92. The van der Waals surface area contributed by atoms with Crippen molar-refractivity contribution in [3.8, 4) is 5.69 Å². The second kappa shape index (κ2) is 11.2. The van der Waals surface area contributed by atoms with E-state index in [4.69, 9.17) is 11.6 Å². The molecule has 3 aromatic carbocycles. The van der Waals surface area contributed by atoms with Gasteiger partial charge in [0.25, 0.3) is 5.91 Å². The quantitative estimate of drug-likeness (QED) is 0.216. The van der Waals surface area contributed by atoms with Crippen LogP contribution in [-0.2, 0) is 11.5 Å². The van der Waals surface area contributed by atoms with Crippen molar-refractivity contribution in [3.63, 3.8) is 0 Å². The average Bonchev–Trinajstić information content (AvgIpc) is 3.13. The summed E-state index contributed by atoms with van der Waals surface area (Å²) < 4.78 is 2.08. The van der Waals surface area contributed by atoms with E-state index < -0.39 is 0 Å². The van der Waals surface area contributed by atoms with Crippen LogP contribution in [0.5, 0.6) is 0 Å². The van der Waals surface area contributed by atoms with Gasteiger partial charge in [0.1, 0.15) is 0 Å². The van der Waals surface area contributed by atoms with Gasteiger partial charge in [-0.3, -0.25) is 4.79 Å². The Hall–Kier alpha value is -3.28. The molecule has 0 saturated carbocycles.